The van der Waals surface area contributed by atoms with Gasteiger partial charge in [0.2, 0.25) is 0 Å². The van der Waals surface area contributed by atoms with Gasteiger partial charge in [0.25, 0.3) is 0 Å². The second-order valence-electron chi connectivity index (χ2n) is 9.36. The Morgan fingerprint density at radius 1 is 1.06 bits per heavy atom. The first kappa shape index (κ1) is 21.7. The van der Waals surface area contributed by atoms with E-state index in [1.165, 1.54) is 36.8 Å². The zero-order valence-corrected chi connectivity index (χ0v) is 20.0. The molecule has 0 N–H and O–H groups in total. The second-order valence-corrected chi connectivity index (χ2v) is 9.36. The van der Waals surface area contributed by atoms with Gasteiger partial charge in [-0.25, -0.2) is 4.98 Å². The molecule has 0 spiro atoms. The van der Waals surface area contributed by atoms with Crippen molar-refractivity contribution in [1.29, 1.82) is 0 Å². The normalized spacial score (nSPS) is 14.8. The van der Waals surface area contributed by atoms with E-state index in [0.717, 1.165) is 64.8 Å². The van der Waals surface area contributed by atoms with E-state index in [0.29, 0.717) is 0 Å². The lowest BCUT2D eigenvalue weighted by molar-refractivity contribution is 0.547. The van der Waals surface area contributed by atoms with Crippen LogP contribution < -0.4 is 0 Å². The predicted octanol–water partition coefficient (Wildman–Crippen LogP) is 7.21. The van der Waals surface area contributed by atoms with Crippen LogP contribution in [0.2, 0.25) is 0 Å². The number of fused-ring (bicyclic) bond motifs is 1. The van der Waals surface area contributed by atoms with Gasteiger partial charge in [-0.1, -0.05) is 56.2 Å². The van der Waals surface area contributed by atoms with Crippen molar-refractivity contribution < 1.29 is 4.42 Å². The molecule has 0 unspecified atom stereocenters. The molecule has 1 aliphatic rings. The number of furan rings is 1. The van der Waals surface area contributed by atoms with Gasteiger partial charge in [0.15, 0.2) is 5.76 Å². The molecule has 4 aromatic rings. The van der Waals surface area contributed by atoms with Gasteiger partial charge in [-0.3, -0.25) is 4.68 Å². The smallest absolute Gasteiger partial charge is 0.153 e. The molecule has 0 amide bonds. The van der Waals surface area contributed by atoms with Crippen molar-refractivity contribution in [1.82, 2.24) is 14.8 Å². The number of hydrogen-bond acceptors (Lipinski definition) is 3. The molecule has 1 fully saturated rings. The van der Waals surface area contributed by atoms with E-state index in [2.05, 4.69) is 61.0 Å². The Hall–Kier alpha value is -3.14. The minimum atomic E-state index is 0.744. The fraction of sp³-hybridized carbons (Fsp3) is 0.379. The number of aromatic nitrogens is 3. The summed E-state index contributed by atoms with van der Waals surface area (Å²) in [5.41, 5.74) is 6.69. The summed E-state index contributed by atoms with van der Waals surface area (Å²) in [7, 11) is 0. The van der Waals surface area contributed by atoms with Gasteiger partial charge >= 0.3 is 0 Å². The van der Waals surface area contributed by atoms with E-state index >= 15 is 0 Å². The van der Waals surface area contributed by atoms with Gasteiger partial charge in [-0.2, -0.15) is 5.10 Å². The molecule has 5 rings (SSSR count). The Labute approximate surface area is 196 Å². The first-order valence-electron chi connectivity index (χ1n) is 12.3. The van der Waals surface area contributed by atoms with E-state index in [4.69, 9.17) is 14.5 Å². The second kappa shape index (κ2) is 9.38. The lowest BCUT2D eigenvalue weighted by Gasteiger charge is -2.08. The van der Waals surface area contributed by atoms with E-state index < -0.39 is 0 Å². The van der Waals surface area contributed by atoms with Crippen molar-refractivity contribution in [3.63, 3.8) is 0 Å². The summed E-state index contributed by atoms with van der Waals surface area (Å²) in [5, 5.41) is 6.00. The molecule has 4 heteroatoms. The van der Waals surface area contributed by atoms with Crippen LogP contribution in [-0.4, -0.2) is 14.8 Å². The number of hydrogen-bond donors (Lipinski definition) is 0. The molecule has 0 bridgehead atoms. The number of allylic oxidation sites excluding steroid dienone is 2. The van der Waals surface area contributed by atoms with Crippen LogP contribution in [0.5, 0.6) is 0 Å². The molecule has 33 heavy (non-hydrogen) atoms. The highest BCUT2D eigenvalue weighted by Crippen LogP contribution is 2.32. The van der Waals surface area contributed by atoms with Crippen LogP contribution in [0.15, 0.2) is 59.0 Å². The summed E-state index contributed by atoms with van der Waals surface area (Å²) in [5.74, 6) is 2.50. The number of aryl methyl sites for hydroxylation is 3. The number of benzene rings is 1. The molecule has 1 saturated carbocycles. The molecule has 4 nitrogen and oxygen atoms in total. The Morgan fingerprint density at radius 2 is 1.88 bits per heavy atom. The summed E-state index contributed by atoms with van der Waals surface area (Å²) in [6, 6.07) is 15.1. The van der Waals surface area contributed by atoms with Crippen LogP contribution in [0, 0.1) is 19.8 Å². The van der Waals surface area contributed by atoms with Gasteiger partial charge < -0.3 is 4.42 Å². The van der Waals surface area contributed by atoms with Crippen molar-refractivity contribution >= 4 is 10.9 Å². The molecule has 0 saturated heterocycles. The third-order valence-electron chi connectivity index (χ3n) is 6.78. The third kappa shape index (κ3) is 4.66. The Bertz CT molecular complexity index is 1290. The average molecular weight is 440 g/mol. The summed E-state index contributed by atoms with van der Waals surface area (Å²) >= 11 is 0. The standard InChI is InChI=1S/C29H33N3O/c1-4-25-18-26-28(29(30-25)27-16-15-20(2)33-27)21(3)31-32(26)19-24-14-8-13-23(17-24)12-7-11-22-9-5-6-10-22/h7-8,11,13-18,22H,4-6,9-10,12,19H2,1-3H3/b11-7-. The number of pyridine rings is 1. The van der Waals surface area contributed by atoms with Gasteiger partial charge in [0.1, 0.15) is 11.5 Å². The van der Waals surface area contributed by atoms with Crippen LogP contribution in [0.1, 0.15) is 60.9 Å². The molecular formula is C29H33N3O. The highest BCUT2D eigenvalue weighted by atomic mass is 16.3. The molecular weight excluding hydrogens is 406 g/mol. The zero-order chi connectivity index (χ0) is 22.8. The molecule has 0 atom stereocenters. The minimum Gasteiger partial charge on any atom is -0.460 e. The number of rotatable bonds is 7. The lowest BCUT2D eigenvalue weighted by Crippen LogP contribution is -2.03. The van der Waals surface area contributed by atoms with Crippen molar-refractivity contribution in [2.75, 3.05) is 0 Å². The van der Waals surface area contributed by atoms with Crippen LogP contribution in [0.3, 0.4) is 0 Å². The SMILES string of the molecule is CCc1cc2c(c(C)nn2Cc2cccc(C/C=C\C3CCCC3)c2)c(-c2ccc(C)o2)n1. The van der Waals surface area contributed by atoms with Crippen LogP contribution >= 0.6 is 0 Å². The van der Waals surface area contributed by atoms with Gasteiger partial charge in [0.05, 0.1) is 23.1 Å². The summed E-state index contributed by atoms with van der Waals surface area (Å²) in [4.78, 5) is 4.91. The maximum atomic E-state index is 5.94. The van der Waals surface area contributed by atoms with Gasteiger partial charge in [-0.15, -0.1) is 0 Å². The molecule has 3 aromatic heterocycles. The van der Waals surface area contributed by atoms with E-state index in [9.17, 15) is 0 Å². The summed E-state index contributed by atoms with van der Waals surface area (Å²) in [6.45, 7) is 6.92. The van der Waals surface area contributed by atoms with Crippen LogP contribution in [0.4, 0.5) is 0 Å². The fourth-order valence-electron chi connectivity index (χ4n) is 5.04. The average Bonchev–Trinajstić information content (AvgIpc) is 3.55. The van der Waals surface area contributed by atoms with Crippen molar-refractivity contribution in [2.45, 2.75) is 65.8 Å². The molecule has 0 aliphatic heterocycles. The van der Waals surface area contributed by atoms with E-state index in [-0.39, 0.29) is 0 Å². The summed E-state index contributed by atoms with van der Waals surface area (Å²) in [6.07, 6.45) is 12.1. The fourth-order valence-corrected chi connectivity index (χ4v) is 5.04. The number of nitrogens with zero attached hydrogens (tertiary/aromatic N) is 3. The third-order valence-corrected chi connectivity index (χ3v) is 6.78. The van der Waals surface area contributed by atoms with E-state index in [1.54, 1.807) is 0 Å². The van der Waals surface area contributed by atoms with Crippen molar-refractivity contribution in [3.05, 3.63) is 82.9 Å². The highest BCUT2D eigenvalue weighted by molar-refractivity contribution is 5.94. The Kier molecular flexibility index (Phi) is 6.17. The Balaban J connectivity index is 1.45. The van der Waals surface area contributed by atoms with Crippen LogP contribution in [0.25, 0.3) is 22.4 Å². The molecule has 0 radical (unpaired) electrons. The quantitative estimate of drug-likeness (QED) is 0.286. The van der Waals surface area contributed by atoms with Gasteiger partial charge in [0, 0.05) is 5.69 Å². The monoisotopic (exact) mass is 439 g/mol. The van der Waals surface area contributed by atoms with E-state index in [1.807, 2.05) is 19.1 Å². The molecule has 1 aliphatic carbocycles. The first-order valence-corrected chi connectivity index (χ1v) is 12.3. The largest absolute Gasteiger partial charge is 0.460 e. The maximum absolute atomic E-state index is 5.94. The lowest BCUT2D eigenvalue weighted by atomic mass is 10.0. The highest BCUT2D eigenvalue weighted by Gasteiger charge is 2.18. The Morgan fingerprint density at radius 3 is 2.64 bits per heavy atom. The van der Waals surface area contributed by atoms with Crippen LogP contribution in [-0.2, 0) is 19.4 Å². The van der Waals surface area contributed by atoms with Gasteiger partial charge in [-0.05, 0) is 74.8 Å². The van der Waals surface area contributed by atoms with Crippen molar-refractivity contribution in [3.8, 4) is 11.5 Å². The first-order chi connectivity index (χ1) is 16.1. The predicted molar refractivity (Wildman–Crippen MR) is 134 cm³/mol. The zero-order valence-electron chi connectivity index (χ0n) is 20.0. The molecule has 3 heterocycles. The molecule has 1 aromatic carbocycles. The molecule has 170 valence electrons. The topological polar surface area (TPSA) is 43.9 Å². The summed E-state index contributed by atoms with van der Waals surface area (Å²) < 4.78 is 8.07. The van der Waals surface area contributed by atoms with Crippen molar-refractivity contribution in [2.24, 2.45) is 5.92 Å². The maximum Gasteiger partial charge on any atom is 0.153 e. The minimum absolute atomic E-state index is 0.744.